The van der Waals surface area contributed by atoms with E-state index in [9.17, 15) is 0 Å². The molecule has 3 rings (SSSR count). The zero-order valence-electron chi connectivity index (χ0n) is 10.1. The summed E-state index contributed by atoms with van der Waals surface area (Å²) in [4.78, 5) is 7.39. The molecule has 2 aromatic carbocycles. The van der Waals surface area contributed by atoms with Gasteiger partial charge in [0.1, 0.15) is 6.61 Å². The van der Waals surface area contributed by atoms with Gasteiger partial charge in [0.25, 0.3) is 6.01 Å². The van der Waals surface area contributed by atoms with Crippen molar-refractivity contribution < 1.29 is 4.74 Å². The van der Waals surface area contributed by atoms with Gasteiger partial charge in [0.05, 0.1) is 11.0 Å². The molecule has 0 spiro atoms. The molecule has 19 heavy (non-hydrogen) atoms. The fourth-order valence-corrected chi connectivity index (χ4v) is 2.02. The Balaban J connectivity index is 1.80. The molecular weight excluding hydrogens is 262 g/mol. The predicted molar refractivity (Wildman–Crippen MR) is 76.3 cm³/mol. The molecule has 0 amide bonds. The minimum atomic E-state index is 0.370. The molecule has 1 aromatic heterocycles. The summed E-state index contributed by atoms with van der Waals surface area (Å²) in [6.07, 6.45) is 0. The number of fused-ring (bicyclic) bond motifs is 1. The fourth-order valence-electron chi connectivity index (χ4n) is 1.83. The van der Waals surface area contributed by atoms with E-state index in [-0.39, 0.29) is 0 Å². The Morgan fingerprint density at radius 3 is 2.89 bits per heavy atom. The van der Waals surface area contributed by atoms with E-state index in [1.54, 1.807) is 6.07 Å². The van der Waals surface area contributed by atoms with Crippen LogP contribution in [0, 0.1) is 0 Å². The van der Waals surface area contributed by atoms with Gasteiger partial charge in [-0.3, -0.25) is 0 Å². The quantitative estimate of drug-likeness (QED) is 0.719. The third kappa shape index (κ3) is 2.48. The number of halogens is 1. The van der Waals surface area contributed by atoms with Gasteiger partial charge >= 0.3 is 0 Å². The summed E-state index contributed by atoms with van der Waals surface area (Å²) < 4.78 is 5.61. The van der Waals surface area contributed by atoms with Gasteiger partial charge in [-0.1, -0.05) is 29.8 Å². The zero-order valence-corrected chi connectivity index (χ0v) is 10.8. The highest BCUT2D eigenvalue weighted by Crippen LogP contribution is 2.20. The van der Waals surface area contributed by atoms with Crippen LogP contribution < -0.4 is 10.5 Å². The van der Waals surface area contributed by atoms with Gasteiger partial charge < -0.3 is 15.5 Å². The van der Waals surface area contributed by atoms with Gasteiger partial charge in [-0.15, -0.1) is 0 Å². The number of aromatic nitrogens is 2. The standard InChI is InChI=1S/C14H12ClN3O/c15-11-4-2-1-3-9(11)8-19-14-17-12-6-5-10(16)7-13(12)18-14/h1-7H,8,16H2,(H,17,18). The van der Waals surface area contributed by atoms with Crippen molar-refractivity contribution in [3.8, 4) is 6.01 Å². The minimum absolute atomic E-state index is 0.370. The van der Waals surface area contributed by atoms with Crippen LogP contribution in [-0.2, 0) is 6.61 Å². The molecule has 0 unspecified atom stereocenters. The van der Waals surface area contributed by atoms with Crippen LogP contribution in [0.1, 0.15) is 5.56 Å². The summed E-state index contributed by atoms with van der Waals surface area (Å²) in [7, 11) is 0. The second-order valence-electron chi connectivity index (χ2n) is 4.20. The normalized spacial score (nSPS) is 10.8. The average Bonchev–Trinajstić information content (AvgIpc) is 2.79. The molecule has 0 radical (unpaired) electrons. The molecule has 96 valence electrons. The summed E-state index contributed by atoms with van der Waals surface area (Å²) >= 11 is 6.06. The van der Waals surface area contributed by atoms with E-state index in [1.165, 1.54) is 0 Å². The van der Waals surface area contributed by atoms with Gasteiger partial charge in [0, 0.05) is 16.3 Å². The van der Waals surface area contributed by atoms with Crippen molar-refractivity contribution in [3.05, 3.63) is 53.1 Å². The molecular formula is C14H12ClN3O. The van der Waals surface area contributed by atoms with Gasteiger partial charge in [0.15, 0.2) is 0 Å². The van der Waals surface area contributed by atoms with E-state index in [2.05, 4.69) is 9.97 Å². The van der Waals surface area contributed by atoms with Crippen LogP contribution in [-0.4, -0.2) is 9.97 Å². The molecule has 1 heterocycles. The van der Waals surface area contributed by atoms with Crippen molar-refractivity contribution in [2.75, 3.05) is 5.73 Å². The molecule has 3 N–H and O–H groups in total. The largest absolute Gasteiger partial charge is 0.460 e. The van der Waals surface area contributed by atoms with E-state index in [4.69, 9.17) is 22.1 Å². The third-order valence-corrected chi connectivity index (χ3v) is 3.18. The first kappa shape index (κ1) is 11.9. The number of H-pyrrole nitrogens is 1. The number of benzene rings is 2. The van der Waals surface area contributed by atoms with Crippen molar-refractivity contribution in [1.82, 2.24) is 9.97 Å². The fraction of sp³-hybridized carbons (Fsp3) is 0.0714. The maximum Gasteiger partial charge on any atom is 0.294 e. The average molecular weight is 274 g/mol. The first-order valence-corrected chi connectivity index (χ1v) is 6.21. The van der Waals surface area contributed by atoms with Crippen LogP contribution >= 0.6 is 11.6 Å². The number of nitrogens with one attached hydrogen (secondary N) is 1. The Morgan fingerprint density at radius 1 is 1.21 bits per heavy atom. The molecule has 0 fully saturated rings. The maximum absolute atomic E-state index is 6.06. The molecule has 0 atom stereocenters. The van der Waals surface area contributed by atoms with Gasteiger partial charge in [-0.05, 0) is 24.3 Å². The highest BCUT2D eigenvalue weighted by Gasteiger charge is 2.05. The number of rotatable bonds is 3. The number of hydrogen-bond donors (Lipinski definition) is 2. The van der Waals surface area contributed by atoms with Crippen molar-refractivity contribution in [3.63, 3.8) is 0 Å². The van der Waals surface area contributed by atoms with Gasteiger partial charge in [-0.2, -0.15) is 4.98 Å². The summed E-state index contributed by atoms with van der Waals surface area (Å²) in [5, 5.41) is 0.683. The van der Waals surface area contributed by atoms with Crippen molar-refractivity contribution in [2.24, 2.45) is 0 Å². The second kappa shape index (κ2) is 4.82. The van der Waals surface area contributed by atoms with Crippen molar-refractivity contribution in [1.29, 1.82) is 0 Å². The summed E-state index contributed by atoms with van der Waals surface area (Å²) in [5.74, 6) is 0. The van der Waals surface area contributed by atoms with Crippen LogP contribution in [0.2, 0.25) is 5.02 Å². The predicted octanol–water partition coefficient (Wildman–Crippen LogP) is 3.38. The molecule has 0 aliphatic heterocycles. The van der Waals surface area contributed by atoms with Crippen LogP contribution in [0.5, 0.6) is 6.01 Å². The highest BCUT2D eigenvalue weighted by molar-refractivity contribution is 6.31. The van der Waals surface area contributed by atoms with E-state index < -0.39 is 0 Å². The lowest BCUT2D eigenvalue weighted by atomic mass is 10.2. The number of aromatic amines is 1. The number of anilines is 1. The maximum atomic E-state index is 6.06. The first-order chi connectivity index (χ1) is 9.22. The lowest BCUT2D eigenvalue weighted by Gasteiger charge is -2.04. The molecule has 4 nitrogen and oxygen atoms in total. The number of nitrogens with zero attached hydrogens (tertiary/aromatic N) is 1. The van der Waals surface area contributed by atoms with Crippen LogP contribution in [0.4, 0.5) is 5.69 Å². The van der Waals surface area contributed by atoms with Crippen LogP contribution in [0.25, 0.3) is 11.0 Å². The molecule has 0 saturated carbocycles. The Bertz CT molecular complexity index is 724. The molecule has 3 aromatic rings. The zero-order chi connectivity index (χ0) is 13.2. The molecule has 0 aliphatic carbocycles. The number of nitrogen functional groups attached to an aromatic ring is 1. The number of hydrogen-bond acceptors (Lipinski definition) is 3. The third-order valence-electron chi connectivity index (χ3n) is 2.81. The van der Waals surface area contributed by atoms with Crippen LogP contribution in [0.3, 0.4) is 0 Å². The SMILES string of the molecule is Nc1ccc2nc(OCc3ccccc3Cl)[nH]c2c1. The number of ether oxygens (including phenoxy) is 1. The minimum Gasteiger partial charge on any atom is -0.460 e. The Kier molecular flexibility index (Phi) is 3.01. The Labute approximate surface area is 115 Å². The van der Waals surface area contributed by atoms with Gasteiger partial charge in [-0.25, -0.2) is 0 Å². The topological polar surface area (TPSA) is 63.9 Å². The monoisotopic (exact) mass is 273 g/mol. The number of imidazole rings is 1. The van der Waals surface area contributed by atoms with Gasteiger partial charge in [0.2, 0.25) is 0 Å². The number of nitrogens with two attached hydrogens (primary N) is 1. The molecule has 5 heteroatoms. The van der Waals surface area contributed by atoms with Crippen molar-refractivity contribution >= 4 is 28.3 Å². The van der Waals surface area contributed by atoms with E-state index in [0.717, 1.165) is 16.6 Å². The van der Waals surface area contributed by atoms with Crippen LogP contribution in [0.15, 0.2) is 42.5 Å². The highest BCUT2D eigenvalue weighted by atomic mass is 35.5. The summed E-state index contributed by atoms with van der Waals surface area (Å²) in [5.41, 5.74) is 9.00. The molecule has 0 bridgehead atoms. The molecule has 0 aliphatic rings. The summed E-state index contributed by atoms with van der Waals surface area (Å²) in [6, 6.07) is 13.5. The molecule has 0 saturated heterocycles. The lowest BCUT2D eigenvalue weighted by Crippen LogP contribution is -1.97. The second-order valence-corrected chi connectivity index (χ2v) is 4.61. The Morgan fingerprint density at radius 2 is 2.05 bits per heavy atom. The van der Waals surface area contributed by atoms with E-state index >= 15 is 0 Å². The first-order valence-electron chi connectivity index (χ1n) is 5.84. The lowest BCUT2D eigenvalue weighted by molar-refractivity contribution is 0.285. The smallest absolute Gasteiger partial charge is 0.294 e. The van der Waals surface area contributed by atoms with E-state index in [0.29, 0.717) is 23.3 Å². The van der Waals surface area contributed by atoms with Crippen molar-refractivity contribution in [2.45, 2.75) is 6.61 Å². The van der Waals surface area contributed by atoms with E-state index in [1.807, 2.05) is 36.4 Å². The Hall–Kier alpha value is -2.20. The summed E-state index contributed by atoms with van der Waals surface area (Å²) in [6.45, 7) is 0.370.